The van der Waals surface area contributed by atoms with E-state index in [-0.39, 0.29) is 11.9 Å². The zero-order valence-corrected chi connectivity index (χ0v) is 13.7. The molecule has 1 aromatic rings. The number of benzene rings is 1. The number of hydrogen-bond acceptors (Lipinski definition) is 3. The summed E-state index contributed by atoms with van der Waals surface area (Å²) in [5.74, 6) is 0.972. The van der Waals surface area contributed by atoms with Crippen LogP contribution in [0.25, 0.3) is 0 Å². The predicted molar refractivity (Wildman–Crippen MR) is 86.2 cm³/mol. The standard InChI is InChI=1S/C16H26FNOS/c1-5-9-18-15(11-20-12(3)6-2)13-7-8-16(19-4)14(17)10-13/h7-8,10,12,15,18H,5-6,9,11H2,1-4H3. The van der Waals surface area contributed by atoms with E-state index in [1.807, 2.05) is 17.8 Å². The normalized spacial score (nSPS) is 14.1. The van der Waals surface area contributed by atoms with Crippen molar-refractivity contribution >= 4 is 11.8 Å². The summed E-state index contributed by atoms with van der Waals surface area (Å²) in [6.45, 7) is 7.51. The van der Waals surface area contributed by atoms with Gasteiger partial charge in [-0.3, -0.25) is 0 Å². The molecule has 0 aliphatic heterocycles. The number of ether oxygens (including phenoxy) is 1. The minimum absolute atomic E-state index is 0.189. The Labute approximate surface area is 126 Å². The summed E-state index contributed by atoms with van der Waals surface area (Å²) in [7, 11) is 1.49. The second kappa shape index (κ2) is 9.24. The number of thioether (sulfide) groups is 1. The first kappa shape index (κ1) is 17.3. The highest BCUT2D eigenvalue weighted by Crippen LogP contribution is 2.26. The lowest BCUT2D eigenvalue weighted by atomic mass is 10.1. The van der Waals surface area contributed by atoms with Crippen molar-refractivity contribution < 1.29 is 9.13 Å². The summed E-state index contributed by atoms with van der Waals surface area (Å²) in [5, 5.41) is 4.13. The highest BCUT2D eigenvalue weighted by atomic mass is 32.2. The number of halogens is 1. The van der Waals surface area contributed by atoms with Crippen LogP contribution in [0.3, 0.4) is 0 Å². The van der Waals surface area contributed by atoms with Gasteiger partial charge in [0, 0.05) is 17.0 Å². The first-order valence-corrected chi connectivity index (χ1v) is 8.35. The molecule has 2 atom stereocenters. The fourth-order valence-corrected chi connectivity index (χ4v) is 2.94. The Morgan fingerprint density at radius 3 is 2.65 bits per heavy atom. The molecule has 2 nitrogen and oxygen atoms in total. The van der Waals surface area contributed by atoms with Gasteiger partial charge in [0.2, 0.25) is 0 Å². The van der Waals surface area contributed by atoms with Crippen LogP contribution in [-0.4, -0.2) is 24.7 Å². The highest BCUT2D eigenvalue weighted by molar-refractivity contribution is 7.99. The topological polar surface area (TPSA) is 21.3 Å². The third kappa shape index (κ3) is 5.33. The Kier molecular flexibility index (Phi) is 8.00. The van der Waals surface area contributed by atoms with Crippen LogP contribution in [0.15, 0.2) is 18.2 Å². The molecule has 0 radical (unpaired) electrons. The Morgan fingerprint density at radius 2 is 2.10 bits per heavy atom. The van der Waals surface area contributed by atoms with E-state index in [0.717, 1.165) is 30.7 Å². The van der Waals surface area contributed by atoms with Gasteiger partial charge in [0.05, 0.1) is 7.11 Å². The highest BCUT2D eigenvalue weighted by Gasteiger charge is 2.14. The number of hydrogen-bond donors (Lipinski definition) is 1. The van der Waals surface area contributed by atoms with Crippen LogP contribution in [0.2, 0.25) is 0 Å². The van der Waals surface area contributed by atoms with E-state index < -0.39 is 0 Å². The molecule has 0 heterocycles. The summed E-state index contributed by atoms with van der Waals surface area (Å²) < 4.78 is 18.8. The van der Waals surface area contributed by atoms with Crippen molar-refractivity contribution in [2.45, 2.75) is 44.9 Å². The average Bonchev–Trinajstić information content (AvgIpc) is 2.47. The molecular formula is C16H26FNOS. The minimum atomic E-state index is -0.290. The quantitative estimate of drug-likeness (QED) is 0.730. The lowest BCUT2D eigenvalue weighted by Gasteiger charge is -2.21. The van der Waals surface area contributed by atoms with E-state index in [1.54, 1.807) is 12.1 Å². The molecule has 0 saturated carbocycles. The zero-order valence-electron chi connectivity index (χ0n) is 12.9. The Balaban J connectivity index is 2.78. The maximum Gasteiger partial charge on any atom is 0.165 e. The van der Waals surface area contributed by atoms with Crippen molar-refractivity contribution in [1.82, 2.24) is 5.32 Å². The zero-order chi connectivity index (χ0) is 15.0. The van der Waals surface area contributed by atoms with Crippen molar-refractivity contribution in [3.8, 4) is 5.75 Å². The minimum Gasteiger partial charge on any atom is -0.494 e. The van der Waals surface area contributed by atoms with E-state index in [1.165, 1.54) is 7.11 Å². The van der Waals surface area contributed by atoms with Crippen molar-refractivity contribution in [2.75, 3.05) is 19.4 Å². The van der Waals surface area contributed by atoms with Crippen molar-refractivity contribution in [1.29, 1.82) is 0 Å². The second-order valence-corrected chi connectivity index (χ2v) is 6.42. The van der Waals surface area contributed by atoms with E-state index in [2.05, 4.69) is 26.1 Å². The molecule has 0 aliphatic rings. The number of rotatable bonds is 9. The summed E-state index contributed by atoms with van der Waals surface area (Å²) in [5.41, 5.74) is 0.993. The molecule has 1 N–H and O–H groups in total. The molecule has 2 unspecified atom stereocenters. The van der Waals surface area contributed by atoms with Crippen LogP contribution in [0.5, 0.6) is 5.75 Å². The average molecular weight is 299 g/mol. The van der Waals surface area contributed by atoms with Crippen LogP contribution in [0.1, 0.15) is 45.2 Å². The lowest BCUT2D eigenvalue weighted by molar-refractivity contribution is 0.385. The Morgan fingerprint density at radius 1 is 1.35 bits per heavy atom. The molecule has 114 valence electrons. The molecule has 0 bridgehead atoms. The van der Waals surface area contributed by atoms with Crippen LogP contribution >= 0.6 is 11.8 Å². The molecule has 0 saturated heterocycles. The second-order valence-electron chi connectivity index (χ2n) is 4.95. The van der Waals surface area contributed by atoms with Gasteiger partial charge in [-0.25, -0.2) is 4.39 Å². The number of methoxy groups -OCH3 is 1. The first-order valence-electron chi connectivity index (χ1n) is 7.30. The fraction of sp³-hybridized carbons (Fsp3) is 0.625. The van der Waals surface area contributed by atoms with E-state index in [4.69, 9.17) is 4.74 Å². The van der Waals surface area contributed by atoms with E-state index in [9.17, 15) is 4.39 Å². The van der Waals surface area contributed by atoms with Gasteiger partial charge in [0.1, 0.15) is 0 Å². The van der Waals surface area contributed by atoms with Gasteiger partial charge < -0.3 is 10.1 Å². The van der Waals surface area contributed by atoms with Gasteiger partial charge in [0.15, 0.2) is 11.6 Å². The maximum absolute atomic E-state index is 13.8. The van der Waals surface area contributed by atoms with Crippen LogP contribution < -0.4 is 10.1 Å². The monoisotopic (exact) mass is 299 g/mol. The summed E-state index contributed by atoms with van der Waals surface area (Å²) >= 11 is 1.93. The van der Waals surface area contributed by atoms with Gasteiger partial charge >= 0.3 is 0 Å². The van der Waals surface area contributed by atoms with E-state index >= 15 is 0 Å². The Bertz CT molecular complexity index is 400. The van der Waals surface area contributed by atoms with Crippen molar-refractivity contribution in [2.24, 2.45) is 0 Å². The van der Waals surface area contributed by atoms with Gasteiger partial charge in [-0.05, 0) is 37.1 Å². The van der Waals surface area contributed by atoms with Gasteiger partial charge in [-0.1, -0.05) is 26.8 Å². The molecule has 0 spiro atoms. The van der Waals surface area contributed by atoms with E-state index in [0.29, 0.717) is 11.0 Å². The fourth-order valence-electron chi connectivity index (χ4n) is 1.87. The van der Waals surface area contributed by atoms with Gasteiger partial charge in [0.25, 0.3) is 0 Å². The van der Waals surface area contributed by atoms with Crippen LogP contribution in [0, 0.1) is 5.82 Å². The van der Waals surface area contributed by atoms with Gasteiger partial charge in [-0.15, -0.1) is 0 Å². The first-order chi connectivity index (χ1) is 9.62. The number of nitrogens with one attached hydrogen (secondary N) is 1. The largest absolute Gasteiger partial charge is 0.494 e. The molecule has 0 aliphatic carbocycles. The van der Waals surface area contributed by atoms with Crippen LogP contribution in [-0.2, 0) is 0 Å². The van der Waals surface area contributed by atoms with Gasteiger partial charge in [-0.2, -0.15) is 11.8 Å². The molecule has 4 heteroatoms. The third-order valence-electron chi connectivity index (χ3n) is 3.34. The molecular weight excluding hydrogens is 273 g/mol. The molecule has 0 fully saturated rings. The Hall–Kier alpha value is -0.740. The smallest absolute Gasteiger partial charge is 0.165 e. The molecule has 0 amide bonds. The summed E-state index contributed by atoms with van der Waals surface area (Å²) in [6.07, 6.45) is 2.23. The maximum atomic E-state index is 13.8. The molecule has 1 rings (SSSR count). The van der Waals surface area contributed by atoms with Crippen molar-refractivity contribution in [3.05, 3.63) is 29.6 Å². The predicted octanol–water partition coefficient (Wildman–Crippen LogP) is 4.41. The lowest BCUT2D eigenvalue weighted by Crippen LogP contribution is -2.25. The molecule has 20 heavy (non-hydrogen) atoms. The SMILES string of the molecule is CCCNC(CSC(C)CC)c1ccc(OC)c(F)c1. The summed E-state index contributed by atoms with van der Waals surface area (Å²) in [6, 6.07) is 5.43. The molecule has 1 aromatic carbocycles. The molecule has 0 aromatic heterocycles. The van der Waals surface area contributed by atoms with Crippen LogP contribution in [0.4, 0.5) is 4.39 Å². The summed E-state index contributed by atoms with van der Waals surface area (Å²) in [4.78, 5) is 0. The van der Waals surface area contributed by atoms with Crippen molar-refractivity contribution in [3.63, 3.8) is 0 Å². The third-order valence-corrected chi connectivity index (χ3v) is 4.77.